The van der Waals surface area contributed by atoms with Gasteiger partial charge in [0.1, 0.15) is 11.5 Å². The predicted octanol–water partition coefficient (Wildman–Crippen LogP) is 7.09. The highest BCUT2D eigenvalue weighted by Crippen LogP contribution is 2.39. The summed E-state index contributed by atoms with van der Waals surface area (Å²) in [4.78, 5) is 0. The van der Waals surface area contributed by atoms with Crippen molar-refractivity contribution in [3.05, 3.63) is 35.4 Å². The Morgan fingerprint density at radius 2 is 1.76 bits per heavy atom. The molecule has 0 aliphatic carbocycles. The molecule has 0 saturated heterocycles. The smallest absolute Gasteiger partial charge is 0.145 e. The van der Waals surface area contributed by atoms with Gasteiger partial charge in [-0.25, -0.2) is 0 Å². The van der Waals surface area contributed by atoms with Gasteiger partial charge in [0.2, 0.25) is 0 Å². The van der Waals surface area contributed by atoms with Crippen LogP contribution >= 0.6 is 23.2 Å². The first-order valence-electron chi connectivity index (χ1n) is 9.13. The van der Waals surface area contributed by atoms with Crippen molar-refractivity contribution >= 4 is 34.0 Å². The molecule has 0 aliphatic rings. The number of rotatable bonds is 10. The van der Waals surface area contributed by atoms with Crippen LogP contribution in [-0.2, 0) is 0 Å². The third kappa shape index (κ3) is 5.97. The van der Waals surface area contributed by atoms with Gasteiger partial charge in [0, 0.05) is 22.2 Å². The lowest BCUT2D eigenvalue weighted by Gasteiger charge is -2.16. The lowest BCUT2D eigenvalue weighted by molar-refractivity contribution is 0.273. The highest BCUT2D eigenvalue weighted by atomic mass is 35.5. The molecule has 2 nitrogen and oxygen atoms in total. The van der Waals surface area contributed by atoms with Gasteiger partial charge in [0.15, 0.2) is 0 Å². The minimum absolute atomic E-state index is 0.271. The van der Waals surface area contributed by atoms with Crippen molar-refractivity contribution < 1.29 is 9.47 Å². The normalized spacial score (nSPS) is 12.6. The summed E-state index contributed by atoms with van der Waals surface area (Å²) >= 11 is 12.6. The van der Waals surface area contributed by atoms with E-state index >= 15 is 0 Å². The molecule has 0 aliphatic heterocycles. The number of alkyl halides is 1. The fraction of sp³-hybridized carbons (Fsp3) is 0.524. The van der Waals surface area contributed by atoms with Crippen LogP contribution in [-0.4, -0.2) is 18.6 Å². The summed E-state index contributed by atoms with van der Waals surface area (Å²) in [7, 11) is 0. The van der Waals surface area contributed by atoms with Crippen molar-refractivity contribution in [3.8, 4) is 11.5 Å². The van der Waals surface area contributed by atoms with Crippen LogP contribution in [0.1, 0.15) is 46.5 Å². The van der Waals surface area contributed by atoms with E-state index in [1.807, 2.05) is 24.3 Å². The van der Waals surface area contributed by atoms with Crippen molar-refractivity contribution in [1.29, 1.82) is 0 Å². The third-order valence-electron chi connectivity index (χ3n) is 4.09. The molecule has 138 valence electrons. The molecule has 2 rings (SSSR count). The van der Waals surface area contributed by atoms with Gasteiger partial charge in [0.05, 0.1) is 18.2 Å². The van der Waals surface area contributed by atoms with E-state index in [1.54, 1.807) is 0 Å². The van der Waals surface area contributed by atoms with Gasteiger partial charge in [-0.2, -0.15) is 0 Å². The van der Waals surface area contributed by atoms with Crippen LogP contribution in [0.2, 0.25) is 5.02 Å². The summed E-state index contributed by atoms with van der Waals surface area (Å²) in [5.74, 6) is 2.00. The highest BCUT2D eigenvalue weighted by molar-refractivity contribution is 6.33. The SMILES string of the molecule is CCC(Cl)CCCCOc1cc(Cl)c(OCC(C)C)c2ccccc12. The molecule has 1 unspecified atom stereocenters. The topological polar surface area (TPSA) is 18.5 Å². The molecule has 0 amide bonds. The molecule has 25 heavy (non-hydrogen) atoms. The molecule has 0 radical (unpaired) electrons. The molecule has 2 aromatic carbocycles. The van der Waals surface area contributed by atoms with E-state index in [0.717, 1.165) is 48.0 Å². The van der Waals surface area contributed by atoms with Crippen molar-refractivity contribution in [2.24, 2.45) is 5.92 Å². The first-order chi connectivity index (χ1) is 12.0. The van der Waals surface area contributed by atoms with E-state index in [4.69, 9.17) is 32.7 Å². The third-order valence-corrected chi connectivity index (χ3v) is 4.89. The monoisotopic (exact) mass is 382 g/mol. The van der Waals surface area contributed by atoms with E-state index in [2.05, 4.69) is 26.8 Å². The molecule has 4 heteroatoms. The molecule has 0 heterocycles. The van der Waals surface area contributed by atoms with Gasteiger partial charge >= 0.3 is 0 Å². The van der Waals surface area contributed by atoms with E-state index < -0.39 is 0 Å². The largest absolute Gasteiger partial charge is 0.493 e. The lowest BCUT2D eigenvalue weighted by Crippen LogP contribution is -2.06. The average Bonchev–Trinajstić information content (AvgIpc) is 2.60. The Morgan fingerprint density at radius 3 is 2.44 bits per heavy atom. The van der Waals surface area contributed by atoms with Crippen LogP contribution < -0.4 is 9.47 Å². The van der Waals surface area contributed by atoms with Gasteiger partial charge < -0.3 is 9.47 Å². The fourth-order valence-electron chi connectivity index (χ4n) is 2.65. The van der Waals surface area contributed by atoms with E-state index in [9.17, 15) is 0 Å². The number of halogens is 2. The maximum Gasteiger partial charge on any atom is 0.145 e. The molecule has 1 atom stereocenters. The molecule has 0 spiro atoms. The maximum absolute atomic E-state index is 6.47. The number of fused-ring (bicyclic) bond motifs is 1. The van der Waals surface area contributed by atoms with Crippen molar-refractivity contribution in [2.45, 2.75) is 51.8 Å². The molecule has 0 fully saturated rings. The van der Waals surface area contributed by atoms with Crippen LogP contribution in [0.3, 0.4) is 0 Å². The summed E-state index contributed by atoms with van der Waals surface area (Å²) in [6.45, 7) is 7.67. The Kier molecular flexibility index (Phi) is 8.18. The Balaban J connectivity index is 2.09. The standard InChI is InChI=1S/C21H28Cl2O2/c1-4-16(22)9-7-8-12-24-20-13-19(23)21(25-14-15(2)3)18-11-6-5-10-17(18)20/h5-6,10-11,13,15-16H,4,7-9,12,14H2,1-3H3. The zero-order valence-corrected chi connectivity index (χ0v) is 16.9. The summed E-state index contributed by atoms with van der Waals surface area (Å²) < 4.78 is 12.0. The minimum atomic E-state index is 0.271. The second-order valence-electron chi connectivity index (χ2n) is 6.79. The quantitative estimate of drug-likeness (QED) is 0.322. The first kappa shape index (κ1) is 20.2. The van der Waals surface area contributed by atoms with Crippen LogP contribution in [0.25, 0.3) is 10.8 Å². The predicted molar refractivity (Wildman–Crippen MR) is 109 cm³/mol. The Bertz CT molecular complexity index is 670. The number of hydrogen-bond acceptors (Lipinski definition) is 2. The van der Waals surface area contributed by atoms with Gasteiger partial charge in [-0.1, -0.05) is 56.6 Å². The summed E-state index contributed by atoms with van der Waals surface area (Å²) in [6.07, 6.45) is 4.11. The highest BCUT2D eigenvalue weighted by Gasteiger charge is 2.13. The Morgan fingerprint density at radius 1 is 1.04 bits per heavy atom. The van der Waals surface area contributed by atoms with Crippen molar-refractivity contribution in [1.82, 2.24) is 0 Å². The molecule has 0 bridgehead atoms. The lowest BCUT2D eigenvalue weighted by atomic mass is 10.1. The minimum Gasteiger partial charge on any atom is -0.493 e. The van der Waals surface area contributed by atoms with E-state index in [1.165, 1.54) is 0 Å². The zero-order valence-electron chi connectivity index (χ0n) is 15.4. The van der Waals surface area contributed by atoms with Gasteiger partial charge in [0.25, 0.3) is 0 Å². The fourth-order valence-corrected chi connectivity index (χ4v) is 3.06. The number of hydrogen-bond donors (Lipinski definition) is 0. The van der Waals surface area contributed by atoms with Gasteiger partial charge in [-0.05, 0) is 31.6 Å². The average molecular weight is 383 g/mol. The van der Waals surface area contributed by atoms with Crippen molar-refractivity contribution in [2.75, 3.05) is 13.2 Å². The second-order valence-corrected chi connectivity index (χ2v) is 7.81. The summed E-state index contributed by atoms with van der Waals surface area (Å²) in [5.41, 5.74) is 0. The van der Waals surface area contributed by atoms with Crippen LogP contribution in [0.5, 0.6) is 11.5 Å². The summed E-state index contributed by atoms with van der Waals surface area (Å²) in [6, 6.07) is 9.96. The molecule has 2 aromatic rings. The number of ether oxygens (including phenoxy) is 2. The molecular weight excluding hydrogens is 355 g/mol. The zero-order chi connectivity index (χ0) is 18.2. The molecule has 0 aromatic heterocycles. The number of unbranched alkanes of at least 4 members (excludes halogenated alkanes) is 1. The van der Waals surface area contributed by atoms with Crippen LogP contribution in [0, 0.1) is 5.92 Å². The molecular formula is C21H28Cl2O2. The second kappa shape index (κ2) is 10.1. The van der Waals surface area contributed by atoms with Gasteiger partial charge in [-0.3, -0.25) is 0 Å². The Hall–Kier alpha value is -1.12. The van der Waals surface area contributed by atoms with Crippen LogP contribution in [0.4, 0.5) is 0 Å². The van der Waals surface area contributed by atoms with E-state index in [-0.39, 0.29) is 5.38 Å². The molecule has 0 N–H and O–H groups in total. The maximum atomic E-state index is 6.47. The molecule has 0 saturated carbocycles. The summed E-state index contributed by atoms with van der Waals surface area (Å²) in [5, 5.41) is 2.90. The first-order valence-corrected chi connectivity index (χ1v) is 9.95. The van der Waals surface area contributed by atoms with E-state index in [0.29, 0.717) is 24.2 Å². The van der Waals surface area contributed by atoms with Crippen LogP contribution in [0.15, 0.2) is 30.3 Å². The van der Waals surface area contributed by atoms with Gasteiger partial charge in [-0.15, -0.1) is 11.6 Å². The number of benzene rings is 2. The Labute approximate surface area is 161 Å². The van der Waals surface area contributed by atoms with Crippen molar-refractivity contribution in [3.63, 3.8) is 0 Å².